The van der Waals surface area contributed by atoms with E-state index >= 15 is 0 Å². The van der Waals surface area contributed by atoms with Crippen LogP contribution in [0.4, 0.5) is 0 Å². The molecular formula is C11H11. The van der Waals surface area contributed by atoms with Crippen molar-refractivity contribution in [1.82, 2.24) is 0 Å². The SMILES string of the molecule is CC[C]=C=Cc1ccccc1. The molecule has 0 aromatic heterocycles. The lowest BCUT2D eigenvalue weighted by Gasteiger charge is -1.85. The molecular weight excluding hydrogens is 132 g/mol. The lowest BCUT2D eigenvalue weighted by atomic mass is 10.2. The minimum atomic E-state index is 0.920. The minimum Gasteiger partial charge on any atom is -0.116 e. The second-order valence-electron chi connectivity index (χ2n) is 2.23. The molecule has 1 aromatic carbocycles. The first-order chi connectivity index (χ1) is 5.43. The van der Waals surface area contributed by atoms with Crippen LogP contribution in [-0.2, 0) is 0 Å². The highest BCUT2D eigenvalue weighted by Gasteiger charge is 1.78. The molecule has 1 rings (SSSR count). The van der Waals surface area contributed by atoms with Crippen molar-refractivity contribution >= 4 is 6.08 Å². The summed E-state index contributed by atoms with van der Waals surface area (Å²) in [6, 6.07) is 10.1. The van der Waals surface area contributed by atoms with Gasteiger partial charge in [0.25, 0.3) is 0 Å². The van der Waals surface area contributed by atoms with Gasteiger partial charge in [-0.2, -0.15) is 0 Å². The summed E-state index contributed by atoms with van der Waals surface area (Å²) in [7, 11) is 0. The van der Waals surface area contributed by atoms with Crippen molar-refractivity contribution in [2.75, 3.05) is 0 Å². The van der Waals surface area contributed by atoms with Gasteiger partial charge < -0.3 is 0 Å². The Bertz CT molecular complexity index is 251. The maximum Gasteiger partial charge on any atom is 0.00461 e. The number of hydrogen-bond donors (Lipinski definition) is 0. The third-order valence-electron chi connectivity index (χ3n) is 1.32. The van der Waals surface area contributed by atoms with Crippen LogP contribution in [-0.4, -0.2) is 0 Å². The Morgan fingerprint density at radius 2 is 2.00 bits per heavy atom. The molecule has 0 aliphatic rings. The number of hydrogen-bond acceptors (Lipinski definition) is 0. The molecule has 0 heteroatoms. The van der Waals surface area contributed by atoms with Crippen LogP contribution in [0.15, 0.2) is 36.1 Å². The second kappa shape index (κ2) is 4.54. The van der Waals surface area contributed by atoms with E-state index in [1.807, 2.05) is 43.3 Å². The lowest BCUT2D eigenvalue weighted by Crippen LogP contribution is -1.65. The highest BCUT2D eigenvalue weighted by molar-refractivity contribution is 5.47. The fraction of sp³-hybridized carbons (Fsp3) is 0.182. The van der Waals surface area contributed by atoms with E-state index in [9.17, 15) is 0 Å². The molecule has 0 saturated heterocycles. The number of rotatable bonds is 2. The van der Waals surface area contributed by atoms with Gasteiger partial charge in [0.1, 0.15) is 0 Å². The average Bonchev–Trinajstić information content (AvgIpc) is 2.07. The topological polar surface area (TPSA) is 0 Å². The molecule has 0 bridgehead atoms. The van der Waals surface area contributed by atoms with Crippen molar-refractivity contribution in [2.24, 2.45) is 0 Å². The molecule has 0 amide bonds. The van der Waals surface area contributed by atoms with E-state index < -0.39 is 0 Å². The van der Waals surface area contributed by atoms with E-state index in [0.29, 0.717) is 0 Å². The van der Waals surface area contributed by atoms with E-state index in [1.165, 1.54) is 5.56 Å². The van der Waals surface area contributed by atoms with Gasteiger partial charge in [0.05, 0.1) is 0 Å². The molecule has 0 atom stereocenters. The Balaban J connectivity index is 2.72. The van der Waals surface area contributed by atoms with Crippen LogP contribution in [0.5, 0.6) is 0 Å². The quantitative estimate of drug-likeness (QED) is 0.558. The lowest BCUT2D eigenvalue weighted by molar-refractivity contribution is 1.19. The normalized spacial score (nSPS) is 8.45. The monoisotopic (exact) mass is 143 g/mol. The molecule has 0 saturated carbocycles. The first-order valence-corrected chi connectivity index (χ1v) is 3.80. The molecule has 55 valence electrons. The standard InChI is InChI=1S/C11H11/c1-2-3-5-8-11-9-6-4-7-10-11/h4,6-10H,2H2,1H3. The van der Waals surface area contributed by atoms with E-state index in [2.05, 4.69) is 11.8 Å². The number of allylic oxidation sites excluding steroid dienone is 1. The summed E-state index contributed by atoms with van der Waals surface area (Å²) in [4.78, 5) is 0. The van der Waals surface area contributed by atoms with Crippen molar-refractivity contribution in [1.29, 1.82) is 0 Å². The Labute approximate surface area is 67.9 Å². The molecule has 0 aliphatic carbocycles. The third-order valence-corrected chi connectivity index (χ3v) is 1.32. The zero-order valence-corrected chi connectivity index (χ0v) is 6.67. The zero-order chi connectivity index (χ0) is 7.94. The van der Waals surface area contributed by atoms with E-state index in [0.717, 1.165) is 6.42 Å². The first kappa shape index (κ1) is 7.84. The first-order valence-electron chi connectivity index (χ1n) is 3.80. The van der Waals surface area contributed by atoms with E-state index in [4.69, 9.17) is 0 Å². The van der Waals surface area contributed by atoms with Gasteiger partial charge in [0.15, 0.2) is 0 Å². The summed E-state index contributed by atoms with van der Waals surface area (Å²) in [6.45, 7) is 2.05. The second-order valence-corrected chi connectivity index (χ2v) is 2.23. The van der Waals surface area contributed by atoms with E-state index in [1.54, 1.807) is 0 Å². The van der Waals surface area contributed by atoms with Crippen molar-refractivity contribution in [2.45, 2.75) is 13.3 Å². The maximum absolute atomic E-state index is 2.99. The van der Waals surface area contributed by atoms with Crippen LogP contribution in [0.3, 0.4) is 0 Å². The van der Waals surface area contributed by atoms with Crippen molar-refractivity contribution in [3.05, 3.63) is 47.7 Å². The van der Waals surface area contributed by atoms with Crippen LogP contribution < -0.4 is 0 Å². The smallest absolute Gasteiger partial charge is 0.00461 e. The Morgan fingerprint density at radius 1 is 1.27 bits per heavy atom. The van der Waals surface area contributed by atoms with Crippen LogP contribution in [0.1, 0.15) is 18.9 Å². The summed E-state index contributed by atoms with van der Waals surface area (Å²) in [5, 5.41) is 0. The van der Waals surface area contributed by atoms with Crippen LogP contribution in [0, 0.1) is 6.08 Å². The van der Waals surface area contributed by atoms with Crippen molar-refractivity contribution < 1.29 is 0 Å². The predicted molar refractivity (Wildman–Crippen MR) is 48.0 cm³/mol. The Morgan fingerprint density at radius 3 is 2.64 bits per heavy atom. The Kier molecular flexibility index (Phi) is 3.24. The molecule has 0 N–H and O–H groups in total. The highest BCUT2D eigenvalue weighted by Crippen LogP contribution is 1.98. The Hall–Kier alpha value is -1.26. The fourth-order valence-electron chi connectivity index (χ4n) is 0.786. The zero-order valence-electron chi connectivity index (χ0n) is 6.67. The highest BCUT2D eigenvalue weighted by atomic mass is 13.8. The van der Waals surface area contributed by atoms with Crippen LogP contribution >= 0.6 is 0 Å². The van der Waals surface area contributed by atoms with Crippen molar-refractivity contribution in [3.63, 3.8) is 0 Å². The largest absolute Gasteiger partial charge is 0.116 e. The summed E-state index contributed by atoms with van der Waals surface area (Å²) in [6.07, 6.45) is 5.85. The van der Waals surface area contributed by atoms with Gasteiger partial charge >= 0.3 is 0 Å². The maximum atomic E-state index is 2.99. The van der Waals surface area contributed by atoms with Crippen LogP contribution in [0.2, 0.25) is 0 Å². The number of benzene rings is 1. The summed E-state index contributed by atoms with van der Waals surface area (Å²) in [5.74, 6) is 0. The molecule has 0 aliphatic heterocycles. The molecule has 0 nitrogen and oxygen atoms in total. The fourth-order valence-corrected chi connectivity index (χ4v) is 0.786. The summed E-state index contributed by atoms with van der Waals surface area (Å²) in [5.41, 5.74) is 4.15. The molecule has 0 spiro atoms. The molecule has 0 unspecified atom stereocenters. The molecule has 0 fully saturated rings. The van der Waals surface area contributed by atoms with E-state index in [-0.39, 0.29) is 0 Å². The molecule has 0 heterocycles. The third kappa shape index (κ3) is 2.88. The molecule has 1 radical (unpaired) electrons. The van der Waals surface area contributed by atoms with Crippen molar-refractivity contribution in [3.8, 4) is 0 Å². The minimum absolute atomic E-state index is 0.920. The van der Waals surface area contributed by atoms with Gasteiger partial charge in [0, 0.05) is 6.08 Å². The molecule has 1 aromatic rings. The summed E-state index contributed by atoms with van der Waals surface area (Å²) < 4.78 is 0. The van der Waals surface area contributed by atoms with Gasteiger partial charge in [-0.25, -0.2) is 0 Å². The predicted octanol–water partition coefficient (Wildman–Crippen LogP) is 3.07. The van der Waals surface area contributed by atoms with Gasteiger partial charge in [-0.3, -0.25) is 0 Å². The average molecular weight is 143 g/mol. The summed E-state index contributed by atoms with van der Waals surface area (Å²) >= 11 is 0. The van der Waals surface area contributed by atoms with Gasteiger partial charge in [-0.05, 0) is 18.1 Å². The van der Waals surface area contributed by atoms with Gasteiger partial charge in [0.2, 0.25) is 0 Å². The molecule has 11 heavy (non-hydrogen) atoms. The van der Waals surface area contributed by atoms with Crippen LogP contribution in [0.25, 0.3) is 6.08 Å². The van der Waals surface area contributed by atoms with Gasteiger partial charge in [-0.15, -0.1) is 5.73 Å². The van der Waals surface area contributed by atoms with Gasteiger partial charge in [-0.1, -0.05) is 37.3 Å².